The van der Waals surface area contributed by atoms with Crippen molar-refractivity contribution >= 4 is 17.4 Å². The topological polar surface area (TPSA) is 125 Å². The maximum atomic E-state index is 12.8. The van der Waals surface area contributed by atoms with Gasteiger partial charge in [0.05, 0.1) is 28.7 Å². The minimum Gasteiger partial charge on any atom is -0.462 e. The molecule has 0 bridgehead atoms. The minimum atomic E-state index is -1.30. The van der Waals surface area contributed by atoms with Gasteiger partial charge >= 0.3 is 5.97 Å². The third-order valence-corrected chi connectivity index (χ3v) is 4.91. The molecule has 156 valence electrons. The van der Waals surface area contributed by atoms with Gasteiger partial charge in [0.25, 0.3) is 11.7 Å². The first-order chi connectivity index (χ1) is 13.8. The van der Waals surface area contributed by atoms with Gasteiger partial charge in [-0.05, 0) is 25.8 Å². The van der Waals surface area contributed by atoms with E-state index in [-0.39, 0.29) is 23.6 Å². The second-order valence-corrected chi connectivity index (χ2v) is 7.01. The largest absolute Gasteiger partial charge is 0.462 e. The highest BCUT2D eigenvalue weighted by molar-refractivity contribution is 5.98. The summed E-state index contributed by atoms with van der Waals surface area (Å²) in [6.45, 7) is 5.40. The predicted molar refractivity (Wildman–Crippen MR) is 108 cm³/mol. The Kier molecular flexibility index (Phi) is 7.58. The van der Waals surface area contributed by atoms with Gasteiger partial charge in [0.15, 0.2) is 0 Å². The van der Waals surface area contributed by atoms with Gasteiger partial charge in [-0.15, -0.1) is 0 Å². The van der Waals surface area contributed by atoms with Crippen LogP contribution in [-0.4, -0.2) is 34.2 Å². The quantitative estimate of drug-likeness (QED) is 0.263. The molecular formula is C20H25N3O6. The summed E-state index contributed by atoms with van der Waals surface area (Å²) in [5, 5.41) is 23.0. The molecule has 0 fully saturated rings. The molecule has 9 nitrogen and oxygen atoms in total. The van der Waals surface area contributed by atoms with E-state index < -0.39 is 27.8 Å². The van der Waals surface area contributed by atoms with E-state index in [1.54, 1.807) is 13.0 Å². The predicted octanol–water partition coefficient (Wildman–Crippen LogP) is 4.20. The summed E-state index contributed by atoms with van der Waals surface area (Å²) < 4.78 is 5.37. The molecule has 0 amide bonds. The average molecular weight is 403 g/mol. The fourth-order valence-corrected chi connectivity index (χ4v) is 3.52. The van der Waals surface area contributed by atoms with Crippen molar-refractivity contribution in [3.63, 3.8) is 0 Å². The van der Waals surface area contributed by atoms with E-state index in [2.05, 4.69) is 11.9 Å². The van der Waals surface area contributed by atoms with E-state index in [0.29, 0.717) is 17.7 Å². The number of aliphatic imine (C=N–C) groups is 1. The number of nitrogens with zero attached hydrogens (tertiary/aromatic N) is 3. The average Bonchev–Trinajstić information content (AvgIpc) is 2.66. The number of rotatable bonds is 9. The van der Waals surface area contributed by atoms with Crippen LogP contribution in [0.3, 0.4) is 0 Å². The maximum Gasteiger partial charge on any atom is 0.336 e. The molecule has 2 unspecified atom stereocenters. The Bertz CT molecular complexity index is 862. The number of nitro benzene ring substituents is 1. The van der Waals surface area contributed by atoms with Crippen molar-refractivity contribution in [1.82, 2.24) is 0 Å². The van der Waals surface area contributed by atoms with E-state index in [4.69, 9.17) is 4.74 Å². The van der Waals surface area contributed by atoms with Crippen LogP contribution in [0.2, 0.25) is 0 Å². The van der Waals surface area contributed by atoms with Gasteiger partial charge < -0.3 is 4.74 Å². The fraction of sp³-hybridized carbons (Fsp3) is 0.500. The highest BCUT2D eigenvalue weighted by Gasteiger charge is 2.45. The summed E-state index contributed by atoms with van der Waals surface area (Å²) in [6, 6.07) is 4.27. The van der Waals surface area contributed by atoms with Crippen molar-refractivity contribution < 1.29 is 19.4 Å². The van der Waals surface area contributed by atoms with E-state index in [1.807, 2.05) is 0 Å². The zero-order chi connectivity index (χ0) is 21.6. The first-order valence-electron chi connectivity index (χ1n) is 9.58. The standard InChI is InChI=1S/C20H25N3O6/c1-4-5-6-7-11-29-20(24)17-13(2)21-14(3)19(23(27)28)18(17)15-9-8-10-16(12-15)22(25)26/h8-10,12,18-19H,4-7,11H2,1-3H3. The minimum absolute atomic E-state index is 0.0771. The molecule has 1 aromatic rings. The van der Waals surface area contributed by atoms with Gasteiger partial charge in [0.1, 0.15) is 0 Å². The maximum absolute atomic E-state index is 12.8. The molecule has 29 heavy (non-hydrogen) atoms. The summed E-state index contributed by atoms with van der Waals surface area (Å²) in [6.07, 6.45) is 3.70. The van der Waals surface area contributed by atoms with Crippen molar-refractivity contribution in [2.45, 2.75) is 58.4 Å². The number of hydrogen-bond donors (Lipinski definition) is 0. The number of carbonyl (C=O) groups excluding carboxylic acids is 1. The molecular weight excluding hydrogens is 378 g/mol. The fourth-order valence-electron chi connectivity index (χ4n) is 3.52. The number of allylic oxidation sites excluding steroid dienone is 1. The number of nitro groups is 2. The normalized spacial score (nSPS) is 18.9. The number of unbranched alkanes of at least 4 members (excludes halogenated alkanes) is 3. The number of hydrogen-bond acceptors (Lipinski definition) is 7. The number of non-ortho nitro benzene ring substituents is 1. The van der Waals surface area contributed by atoms with Crippen LogP contribution in [0, 0.1) is 20.2 Å². The summed E-state index contributed by atoms with van der Waals surface area (Å²) in [5.74, 6) is -1.68. The third kappa shape index (κ3) is 5.24. The van der Waals surface area contributed by atoms with E-state index >= 15 is 0 Å². The Morgan fingerprint density at radius 3 is 2.52 bits per heavy atom. The Morgan fingerprint density at radius 1 is 1.17 bits per heavy atom. The zero-order valence-electron chi connectivity index (χ0n) is 16.8. The van der Waals surface area contributed by atoms with Gasteiger partial charge in [-0.2, -0.15) is 0 Å². The summed E-state index contributed by atoms with van der Waals surface area (Å²) in [4.78, 5) is 38.9. The molecule has 0 saturated carbocycles. The molecule has 9 heteroatoms. The Hall–Kier alpha value is -3.10. The third-order valence-electron chi connectivity index (χ3n) is 4.91. The van der Waals surface area contributed by atoms with E-state index in [0.717, 1.165) is 19.3 Å². The van der Waals surface area contributed by atoms with Gasteiger partial charge in [-0.1, -0.05) is 38.3 Å². The number of ether oxygens (including phenoxy) is 1. The van der Waals surface area contributed by atoms with Gasteiger partial charge in [-0.25, -0.2) is 4.79 Å². The molecule has 1 heterocycles. The lowest BCUT2D eigenvalue weighted by atomic mass is 9.80. The van der Waals surface area contributed by atoms with Crippen LogP contribution in [0.25, 0.3) is 0 Å². The molecule has 2 atom stereocenters. The van der Waals surface area contributed by atoms with Gasteiger partial charge in [-0.3, -0.25) is 25.2 Å². The Labute approximate surface area is 168 Å². The SMILES string of the molecule is CCCCCCOC(=O)C1=C(C)N=C(C)C([N+](=O)[O-])C1c1cccc([N+](=O)[O-])c1. The number of esters is 1. The van der Waals surface area contributed by atoms with E-state index in [1.165, 1.54) is 25.1 Å². The van der Waals surface area contributed by atoms with Crippen molar-refractivity contribution in [2.24, 2.45) is 4.99 Å². The molecule has 0 aliphatic carbocycles. The molecule has 0 aromatic heterocycles. The lowest BCUT2D eigenvalue weighted by Crippen LogP contribution is -2.40. The summed E-state index contributed by atoms with van der Waals surface area (Å²) in [7, 11) is 0. The second kappa shape index (κ2) is 9.90. The van der Waals surface area contributed by atoms with Crippen LogP contribution in [0.4, 0.5) is 5.69 Å². The summed E-state index contributed by atoms with van der Waals surface area (Å²) >= 11 is 0. The molecule has 0 saturated heterocycles. The highest BCUT2D eigenvalue weighted by Crippen LogP contribution is 2.38. The van der Waals surface area contributed by atoms with Crippen molar-refractivity contribution in [3.05, 3.63) is 61.3 Å². The Balaban J connectivity index is 2.42. The van der Waals surface area contributed by atoms with Crippen LogP contribution in [0.15, 0.2) is 40.5 Å². The van der Waals surface area contributed by atoms with Crippen molar-refractivity contribution in [1.29, 1.82) is 0 Å². The lowest BCUT2D eigenvalue weighted by Gasteiger charge is -2.27. The van der Waals surface area contributed by atoms with Crippen LogP contribution >= 0.6 is 0 Å². The first-order valence-corrected chi connectivity index (χ1v) is 9.58. The molecule has 1 aliphatic heterocycles. The molecule has 0 radical (unpaired) electrons. The van der Waals surface area contributed by atoms with Crippen molar-refractivity contribution in [2.75, 3.05) is 6.61 Å². The van der Waals surface area contributed by atoms with E-state index in [9.17, 15) is 25.0 Å². The Morgan fingerprint density at radius 2 is 1.90 bits per heavy atom. The van der Waals surface area contributed by atoms with Gasteiger partial charge in [0, 0.05) is 22.8 Å². The number of carbonyl (C=O) groups is 1. The molecule has 0 N–H and O–H groups in total. The molecule has 2 rings (SSSR count). The molecule has 1 aromatic carbocycles. The van der Waals surface area contributed by atoms with Crippen LogP contribution in [0.1, 0.15) is 57.9 Å². The second-order valence-electron chi connectivity index (χ2n) is 7.01. The van der Waals surface area contributed by atoms with Crippen molar-refractivity contribution in [3.8, 4) is 0 Å². The zero-order valence-corrected chi connectivity index (χ0v) is 16.8. The summed E-state index contributed by atoms with van der Waals surface area (Å²) in [5.41, 5.74) is 0.759. The number of benzene rings is 1. The smallest absolute Gasteiger partial charge is 0.336 e. The van der Waals surface area contributed by atoms with Crippen LogP contribution < -0.4 is 0 Å². The molecule has 0 spiro atoms. The molecule has 1 aliphatic rings. The first kappa shape index (κ1) is 22.2. The highest BCUT2D eigenvalue weighted by atomic mass is 16.6. The van der Waals surface area contributed by atoms with Crippen LogP contribution in [-0.2, 0) is 9.53 Å². The van der Waals surface area contributed by atoms with Gasteiger partial charge in [0.2, 0.25) is 0 Å². The lowest BCUT2D eigenvalue weighted by molar-refractivity contribution is -0.505. The van der Waals surface area contributed by atoms with Crippen LogP contribution in [0.5, 0.6) is 0 Å². The monoisotopic (exact) mass is 403 g/mol.